The number of piperazine rings is 1. The summed E-state index contributed by atoms with van der Waals surface area (Å²) >= 11 is 6.44. The van der Waals surface area contributed by atoms with Crippen molar-refractivity contribution in [3.05, 3.63) is 34.6 Å². The lowest BCUT2D eigenvalue weighted by Gasteiger charge is -2.43. The quantitative estimate of drug-likeness (QED) is 0.460. The zero-order valence-electron chi connectivity index (χ0n) is 23.2. The maximum atomic E-state index is 13.6. The molecule has 12 nitrogen and oxygen atoms in total. The Bertz CT molecular complexity index is 1450. The molecule has 14 heteroatoms. The van der Waals surface area contributed by atoms with Crippen LogP contribution < -0.4 is 10.6 Å². The average molecular weight is 594 g/mol. The summed E-state index contributed by atoms with van der Waals surface area (Å²) in [6.45, 7) is 6.04. The second-order valence-electron chi connectivity index (χ2n) is 11.2. The number of halogens is 1. The third-order valence-electron chi connectivity index (χ3n) is 7.58. The van der Waals surface area contributed by atoms with E-state index in [-0.39, 0.29) is 51.1 Å². The molecule has 0 aliphatic carbocycles. The Labute approximate surface area is 239 Å². The van der Waals surface area contributed by atoms with Crippen LogP contribution in [0.5, 0.6) is 0 Å². The molecule has 1 unspecified atom stereocenters. The largest absolute Gasteiger partial charge is 0.385 e. The molecule has 218 valence electrons. The molecular weight excluding hydrogens is 558 g/mol. The molecule has 5 rings (SSSR count). The van der Waals surface area contributed by atoms with Crippen molar-refractivity contribution >= 4 is 56.3 Å². The number of anilines is 1. The van der Waals surface area contributed by atoms with Crippen LogP contribution in [0.2, 0.25) is 5.02 Å². The van der Waals surface area contributed by atoms with Crippen molar-refractivity contribution in [2.75, 3.05) is 65.3 Å². The van der Waals surface area contributed by atoms with Gasteiger partial charge in [0.25, 0.3) is 10.2 Å². The van der Waals surface area contributed by atoms with Gasteiger partial charge in [0.1, 0.15) is 6.04 Å². The van der Waals surface area contributed by atoms with E-state index in [9.17, 15) is 18.0 Å². The Morgan fingerprint density at radius 3 is 2.62 bits per heavy atom. The lowest BCUT2D eigenvalue weighted by molar-refractivity contribution is -0.150. The number of H-pyrrole nitrogens is 1. The number of nitrogens with zero attached hydrogens (tertiary/aromatic N) is 4. The van der Waals surface area contributed by atoms with E-state index in [1.165, 1.54) is 22.7 Å². The fraction of sp³-hybridized carbons (Fsp3) is 0.538. The zero-order chi connectivity index (χ0) is 28.8. The second kappa shape index (κ2) is 11.0. The molecule has 1 aromatic heterocycles. The fourth-order valence-corrected chi connectivity index (χ4v) is 6.72. The molecule has 2 fully saturated rings. The van der Waals surface area contributed by atoms with Crippen LogP contribution in [0.25, 0.3) is 17.0 Å². The molecule has 3 aliphatic heterocycles. The first-order valence-corrected chi connectivity index (χ1v) is 15.0. The third kappa shape index (κ3) is 5.71. The molecule has 0 spiro atoms. The van der Waals surface area contributed by atoms with Gasteiger partial charge in [-0.3, -0.25) is 14.5 Å². The van der Waals surface area contributed by atoms with Crippen molar-refractivity contribution in [2.24, 2.45) is 0 Å². The highest BCUT2D eigenvalue weighted by Crippen LogP contribution is 2.34. The molecule has 3 aliphatic rings. The number of aromatic amines is 1. The Balaban J connectivity index is 1.31. The van der Waals surface area contributed by atoms with E-state index in [0.29, 0.717) is 23.8 Å². The fourth-order valence-electron chi connectivity index (χ4n) is 5.42. The number of carbonyl (C=O) groups excluding carboxylic acids is 2. The second-order valence-corrected chi connectivity index (χ2v) is 13.7. The minimum Gasteiger partial charge on any atom is -0.385 e. The van der Waals surface area contributed by atoms with E-state index >= 15 is 0 Å². The third-order valence-corrected chi connectivity index (χ3v) is 9.73. The molecule has 3 N–H and O–H groups in total. The summed E-state index contributed by atoms with van der Waals surface area (Å²) in [5, 5.41) is 7.62. The van der Waals surface area contributed by atoms with Gasteiger partial charge in [0.2, 0.25) is 11.8 Å². The number of benzene rings is 1. The summed E-state index contributed by atoms with van der Waals surface area (Å²) in [4.78, 5) is 33.9. The number of carbonyl (C=O) groups is 2. The lowest BCUT2D eigenvalue weighted by Crippen LogP contribution is -2.61. The Kier molecular flexibility index (Phi) is 7.89. The summed E-state index contributed by atoms with van der Waals surface area (Å²) in [5.41, 5.74) is 2.83. The summed E-state index contributed by atoms with van der Waals surface area (Å²) in [5.74, 6) is -0.450. The highest BCUT2D eigenvalue weighted by Gasteiger charge is 2.40. The van der Waals surface area contributed by atoms with E-state index in [4.69, 9.17) is 16.3 Å². The van der Waals surface area contributed by atoms with Gasteiger partial charge in [0.05, 0.1) is 36.5 Å². The number of morpholine rings is 1. The van der Waals surface area contributed by atoms with Crippen molar-refractivity contribution in [2.45, 2.75) is 32.0 Å². The predicted molar refractivity (Wildman–Crippen MR) is 154 cm³/mol. The molecule has 1 aromatic carbocycles. The lowest BCUT2D eigenvalue weighted by atomic mass is 10.0. The van der Waals surface area contributed by atoms with Crippen molar-refractivity contribution in [3.63, 3.8) is 0 Å². The monoisotopic (exact) mass is 593 g/mol. The van der Waals surface area contributed by atoms with E-state index in [1.54, 1.807) is 11.0 Å². The Morgan fingerprint density at radius 1 is 1.20 bits per heavy atom. The van der Waals surface area contributed by atoms with Gasteiger partial charge in [-0.25, -0.2) is 0 Å². The van der Waals surface area contributed by atoms with Gasteiger partial charge in [-0.05, 0) is 38.3 Å². The topological polar surface area (TPSA) is 130 Å². The van der Waals surface area contributed by atoms with Crippen LogP contribution in [0.1, 0.15) is 25.1 Å². The van der Waals surface area contributed by atoms with Crippen LogP contribution >= 0.6 is 11.6 Å². The molecule has 0 saturated carbocycles. The van der Waals surface area contributed by atoms with E-state index in [0.717, 1.165) is 22.2 Å². The van der Waals surface area contributed by atoms with E-state index in [1.807, 2.05) is 37.1 Å². The number of hydrogen-bond acceptors (Lipinski definition) is 7. The molecule has 40 heavy (non-hydrogen) atoms. The van der Waals surface area contributed by atoms with E-state index < -0.39 is 21.9 Å². The molecule has 4 heterocycles. The molecule has 0 bridgehead atoms. The van der Waals surface area contributed by atoms with Gasteiger partial charge in [-0.2, -0.15) is 17.0 Å². The number of aromatic nitrogens is 1. The van der Waals surface area contributed by atoms with Crippen molar-refractivity contribution < 1.29 is 22.7 Å². The summed E-state index contributed by atoms with van der Waals surface area (Å²) in [6.07, 6.45) is 3.85. The number of rotatable bonds is 6. The smallest absolute Gasteiger partial charge is 0.281 e. The van der Waals surface area contributed by atoms with E-state index in [2.05, 4.69) is 15.6 Å². The van der Waals surface area contributed by atoms with Gasteiger partial charge in [-0.15, -0.1) is 0 Å². The highest BCUT2D eigenvalue weighted by atomic mass is 35.5. The Hall–Kier alpha value is -2.68. The van der Waals surface area contributed by atoms with Crippen LogP contribution in [0.4, 0.5) is 5.69 Å². The van der Waals surface area contributed by atoms with Crippen LogP contribution in [-0.4, -0.2) is 115 Å². The van der Waals surface area contributed by atoms with Crippen LogP contribution in [-0.2, 0) is 31.1 Å². The van der Waals surface area contributed by atoms with Crippen molar-refractivity contribution in [1.29, 1.82) is 0 Å². The normalized spacial score (nSPS) is 21.9. The number of nitrogens with one attached hydrogen (secondary N) is 3. The maximum absolute atomic E-state index is 13.6. The Morgan fingerprint density at radius 2 is 1.93 bits per heavy atom. The minimum absolute atomic E-state index is 0.0174. The SMILES string of the molecule is CN(C)S(=O)(=O)N1CCN(C(=O)CN2CC(C)(C)OCC2C(=O)Nc2cc(Cl)cc3c4c([nH]c23)CNC=C4)CC1. The number of ether oxygens (including phenoxy) is 1. The zero-order valence-corrected chi connectivity index (χ0v) is 24.7. The first-order chi connectivity index (χ1) is 18.9. The van der Waals surface area contributed by atoms with Gasteiger partial charge < -0.3 is 25.3 Å². The molecule has 2 amide bonds. The van der Waals surface area contributed by atoms with Gasteiger partial charge >= 0.3 is 0 Å². The molecular formula is C26H36ClN7O5S. The minimum atomic E-state index is -3.53. The van der Waals surface area contributed by atoms with Crippen LogP contribution in [0, 0.1) is 0 Å². The van der Waals surface area contributed by atoms with Gasteiger partial charge in [0, 0.05) is 68.5 Å². The van der Waals surface area contributed by atoms with Crippen LogP contribution in [0.3, 0.4) is 0 Å². The summed E-state index contributed by atoms with van der Waals surface area (Å²) < 4.78 is 33.4. The molecule has 0 radical (unpaired) electrons. The molecule has 2 aromatic rings. The predicted octanol–water partition coefficient (Wildman–Crippen LogP) is 1.26. The summed E-state index contributed by atoms with van der Waals surface area (Å²) in [6, 6.07) is 2.89. The summed E-state index contributed by atoms with van der Waals surface area (Å²) in [7, 11) is -0.550. The van der Waals surface area contributed by atoms with Crippen LogP contribution in [0.15, 0.2) is 18.3 Å². The molecule has 2 saturated heterocycles. The average Bonchev–Trinajstić information content (AvgIpc) is 3.27. The number of fused-ring (bicyclic) bond motifs is 3. The first-order valence-electron chi connectivity index (χ1n) is 13.2. The standard InChI is InChI=1S/C26H36ClN7O5S/c1-26(2)16-33(14-23(35)32-7-9-34(10-8-32)40(37,38)31(3)4)22(15-39-26)25(36)30-20-12-17(27)11-19-18-5-6-28-13-21(18)29-24(19)20/h5-6,11-12,22,28-29H,7-10,13-16H2,1-4H3,(H,30,36). The van der Waals surface area contributed by atoms with Gasteiger partial charge in [0.15, 0.2) is 0 Å². The first kappa shape index (κ1) is 28.8. The molecule has 1 atom stereocenters. The van der Waals surface area contributed by atoms with Gasteiger partial charge in [-0.1, -0.05) is 11.6 Å². The number of hydrogen-bond donors (Lipinski definition) is 3. The van der Waals surface area contributed by atoms with Crippen molar-refractivity contribution in [3.8, 4) is 0 Å². The highest BCUT2D eigenvalue weighted by molar-refractivity contribution is 7.86. The number of amides is 2. The maximum Gasteiger partial charge on any atom is 0.281 e. The van der Waals surface area contributed by atoms with Crippen molar-refractivity contribution in [1.82, 2.24) is 28.7 Å².